The molecular formula is C37H36FN3O5. The van der Waals surface area contributed by atoms with Gasteiger partial charge in [-0.25, -0.2) is 4.39 Å². The largest absolute Gasteiger partial charge is 0.481 e. The molecule has 1 aliphatic heterocycles. The summed E-state index contributed by atoms with van der Waals surface area (Å²) in [4.78, 5) is 42.6. The first-order valence-electron chi connectivity index (χ1n) is 15.6. The number of benzene rings is 4. The monoisotopic (exact) mass is 621 g/mol. The highest BCUT2D eigenvalue weighted by atomic mass is 19.1. The lowest BCUT2D eigenvalue weighted by Crippen LogP contribution is -2.36. The van der Waals surface area contributed by atoms with Crippen molar-refractivity contribution in [2.45, 2.75) is 31.8 Å². The third-order valence-corrected chi connectivity index (χ3v) is 8.45. The van der Waals surface area contributed by atoms with Crippen molar-refractivity contribution < 1.29 is 28.6 Å². The van der Waals surface area contributed by atoms with Gasteiger partial charge in [0.25, 0.3) is 5.91 Å². The zero-order chi connectivity index (χ0) is 32.0. The molecule has 1 unspecified atom stereocenters. The number of ether oxygens (including phenoxy) is 1. The second-order valence-electron chi connectivity index (χ2n) is 11.8. The van der Waals surface area contributed by atoms with Crippen LogP contribution < -0.4 is 10.2 Å². The van der Waals surface area contributed by atoms with Gasteiger partial charge in [0, 0.05) is 31.1 Å². The number of amides is 2. The zero-order valence-corrected chi connectivity index (χ0v) is 25.4. The maximum Gasteiger partial charge on any atom is 0.305 e. The van der Waals surface area contributed by atoms with Gasteiger partial charge in [0.1, 0.15) is 5.82 Å². The van der Waals surface area contributed by atoms with Crippen molar-refractivity contribution in [2.75, 3.05) is 36.5 Å². The SMILES string of the molecule is O=C(O)CC(c1ccc(F)cc1)N(Cc1cccc(-c2ccc(N3CCOCC3)c(NC(=O)c3ccccc3)c2)c1)C(=O)C1CC1. The lowest BCUT2D eigenvalue weighted by molar-refractivity contribution is -0.142. The molecule has 2 aliphatic rings. The van der Waals surface area contributed by atoms with Gasteiger partial charge in [-0.3, -0.25) is 14.4 Å². The molecule has 1 aliphatic carbocycles. The van der Waals surface area contributed by atoms with Crippen molar-refractivity contribution in [1.29, 1.82) is 0 Å². The highest BCUT2D eigenvalue weighted by Gasteiger charge is 2.37. The zero-order valence-electron chi connectivity index (χ0n) is 25.4. The Morgan fingerprint density at radius 1 is 0.891 bits per heavy atom. The molecule has 0 radical (unpaired) electrons. The Morgan fingerprint density at radius 3 is 2.30 bits per heavy atom. The molecule has 46 heavy (non-hydrogen) atoms. The summed E-state index contributed by atoms with van der Waals surface area (Å²) in [5.74, 6) is -1.91. The number of rotatable bonds is 11. The minimum atomic E-state index is -1.04. The van der Waals surface area contributed by atoms with E-state index in [1.54, 1.807) is 29.2 Å². The number of morpholine rings is 1. The Hall–Kier alpha value is -5.02. The van der Waals surface area contributed by atoms with E-state index in [1.165, 1.54) is 12.1 Å². The average Bonchev–Trinajstić information content (AvgIpc) is 3.93. The number of halogens is 1. The molecule has 4 aromatic carbocycles. The molecule has 0 spiro atoms. The van der Waals surface area contributed by atoms with Crippen LogP contribution >= 0.6 is 0 Å². The van der Waals surface area contributed by atoms with Crippen molar-refractivity contribution in [3.05, 3.63) is 120 Å². The van der Waals surface area contributed by atoms with Crippen LogP contribution in [0.2, 0.25) is 0 Å². The molecular weight excluding hydrogens is 585 g/mol. The number of carbonyl (C=O) groups excluding carboxylic acids is 2. The minimum absolute atomic E-state index is 0.0956. The lowest BCUT2D eigenvalue weighted by atomic mass is 9.98. The van der Waals surface area contributed by atoms with Gasteiger partial charge in [-0.2, -0.15) is 0 Å². The molecule has 6 rings (SSSR count). The molecule has 2 fully saturated rings. The number of hydrogen-bond donors (Lipinski definition) is 2. The number of anilines is 2. The van der Waals surface area contributed by atoms with Crippen LogP contribution in [-0.2, 0) is 20.9 Å². The third kappa shape index (κ3) is 7.43. The highest BCUT2D eigenvalue weighted by molar-refractivity contribution is 6.06. The topological polar surface area (TPSA) is 99.2 Å². The van der Waals surface area contributed by atoms with Gasteiger partial charge < -0.3 is 25.0 Å². The first-order valence-corrected chi connectivity index (χ1v) is 15.6. The van der Waals surface area contributed by atoms with Gasteiger partial charge in [0.15, 0.2) is 0 Å². The standard InChI is InChI=1S/C37H36FN3O5/c38-31-14-11-26(12-15-31)34(23-35(42)43)41(37(45)28-9-10-28)24-25-5-4-8-29(21-25)30-13-16-33(40-17-19-46-20-18-40)32(22-30)39-36(44)27-6-2-1-3-7-27/h1-8,11-16,21-22,28,34H,9-10,17-20,23-24H2,(H,39,44)(H,42,43). The number of carbonyl (C=O) groups is 3. The van der Waals surface area contributed by atoms with Gasteiger partial charge in [0.2, 0.25) is 5.91 Å². The van der Waals surface area contributed by atoms with Crippen LogP contribution in [0.15, 0.2) is 97.1 Å². The number of carboxylic acids is 1. The maximum absolute atomic E-state index is 13.8. The summed E-state index contributed by atoms with van der Waals surface area (Å²) in [5, 5.41) is 12.9. The maximum atomic E-state index is 13.8. The van der Waals surface area contributed by atoms with E-state index in [2.05, 4.69) is 10.2 Å². The van der Waals surface area contributed by atoms with E-state index in [4.69, 9.17) is 4.74 Å². The average molecular weight is 622 g/mol. The predicted molar refractivity (Wildman–Crippen MR) is 174 cm³/mol. The second-order valence-corrected chi connectivity index (χ2v) is 11.8. The first kappa shape index (κ1) is 31.0. The van der Waals surface area contributed by atoms with Gasteiger partial charge in [-0.15, -0.1) is 0 Å². The van der Waals surface area contributed by atoms with Crippen molar-refractivity contribution in [3.8, 4) is 11.1 Å². The molecule has 0 bridgehead atoms. The van der Waals surface area contributed by atoms with Crippen LogP contribution in [0.4, 0.5) is 15.8 Å². The van der Waals surface area contributed by atoms with Crippen LogP contribution in [0.3, 0.4) is 0 Å². The summed E-state index contributed by atoms with van der Waals surface area (Å²) in [5.41, 5.74) is 5.31. The van der Waals surface area contributed by atoms with E-state index >= 15 is 0 Å². The summed E-state index contributed by atoms with van der Waals surface area (Å²) in [6.07, 6.45) is 1.24. The summed E-state index contributed by atoms with van der Waals surface area (Å²) in [7, 11) is 0. The van der Waals surface area contributed by atoms with Gasteiger partial charge in [-0.05, 0) is 77.6 Å². The number of carboxylic acid groups (broad SMARTS) is 1. The molecule has 8 nitrogen and oxygen atoms in total. The fourth-order valence-electron chi connectivity index (χ4n) is 5.89. The fourth-order valence-corrected chi connectivity index (χ4v) is 5.89. The van der Waals surface area contributed by atoms with Crippen LogP contribution in [0.1, 0.15) is 46.8 Å². The number of aliphatic carboxylic acids is 1. The van der Waals surface area contributed by atoms with E-state index in [0.29, 0.717) is 43.1 Å². The third-order valence-electron chi connectivity index (χ3n) is 8.45. The van der Waals surface area contributed by atoms with E-state index in [0.717, 1.165) is 35.2 Å². The Kier molecular flexibility index (Phi) is 9.40. The van der Waals surface area contributed by atoms with Gasteiger partial charge >= 0.3 is 5.97 Å². The molecule has 1 saturated heterocycles. The van der Waals surface area contributed by atoms with Crippen molar-refractivity contribution in [2.24, 2.45) is 5.92 Å². The molecule has 1 saturated carbocycles. The smallest absolute Gasteiger partial charge is 0.305 e. The van der Waals surface area contributed by atoms with Crippen molar-refractivity contribution in [1.82, 2.24) is 4.90 Å². The summed E-state index contributed by atoms with van der Waals surface area (Å²) in [6.45, 7) is 2.82. The van der Waals surface area contributed by atoms with Crippen molar-refractivity contribution in [3.63, 3.8) is 0 Å². The molecule has 9 heteroatoms. The van der Waals surface area contributed by atoms with Crippen LogP contribution in [0.25, 0.3) is 11.1 Å². The van der Waals surface area contributed by atoms with Gasteiger partial charge in [-0.1, -0.05) is 54.6 Å². The highest BCUT2D eigenvalue weighted by Crippen LogP contribution is 2.37. The Balaban J connectivity index is 1.32. The molecule has 1 heterocycles. The number of hydrogen-bond acceptors (Lipinski definition) is 5. The summed E-state index contributed by atoms with van der Waals surface area (Å²) >= 11 is 0. The van der Waals surface area contributed by atoms with Crippen LogP contribution in [0, 0.1) is 11.7 Å². The van der Waals surface area contributed by atoms with Crippen LogP contribution in [-0.4, -0.2) is 54.1 Å². The molecule has 2 amide bonds. The Labute approximate surface area is 267 Å². The lowest BCUT2D eigenvalue weighted by Gasteiger charge is -2.32. The predicted octanol–water partition coefficient (Wildman–Crippen LogP) is 6.54. The van der Waals surface area contributed by atoms with E-state index in [9.17, 15) is 23.9 Å². The molecule has 236 valence electrons. The summed E-state index contributed by atoms with van der Waals surface area (Å²) < 4.78 is 19.3. The second kappa shape index (κ2) is 14.0. The molecule has 1 atom stereocenters. The fraction of sp³-hybridized carbons (Fsp3) is 0.270. The van der Waals surface area contributed by atoms with E-state index in [-0.39, 0.29) is 30.7 Å². The van der Waals surface area contributed by atoms with E-state index in [1.807, 2.05) is 60.7 Å². The molecule has 4 aromatic rings. The van der Waals surface area contributed by atoms with E-state index < -0.39 is 17.8 Å². The normalized spacial score (nSPS) is 15.2. The Bertz CT molecular complexity index is 1700. The number of nitrogens with zero attached hydrogens (tertiary/aromatic N) is 2. The molecule has 2 N–H and O–H groups in total. The Morgan fingerprint density at radius 2 is 1.61 bits per heavy atom. The van der Waals surface area contributed by atoms with Crippen LogP contribution in [0.5, 0.6) is 0 Å². The summed E-state index contributed by atoms with van der Waals surface area (Å²) in [6, 6.07) is 27.8. The molecule has 0 aromatic heterocycles. The van der Waals surface area contributed by atoms with Crippen molar-refractivity contribution >= 4 is 29.2 Å². The van der Waals surface area contributed by atoms with Gasteiger partial charge in [0.05, 0.1) is 37.1 Å². The number of nitrogens with one attached hydrogen (secondary N) is 1. The minimum Gasteiger partial charge on any atom is -0.481 e. The first-order chi connectivity index (χ1) is 22.4. The quantitative estimate of drug-likeness (QED) is 0.198.